The Balaban J connectivity index is 0.00000196. The van der Waals surface area contributed by atoms with E-state index in [1.54, 1.807) is 0 Å². The van der Waals surface area contributed by atoms with E-state index in [0.29, 0.717) is 6.54 Å². The second-order valence-electron chi connectivity index (χ2n) is 4.10. The number of carbonyl (C=O) groups is 1. The number of aryl methyl sites for hydroxylation is 1. The molecule has 3 nitrogen and oxygen atoms in total. The van der Waals surface area contributed by atoms with Crippen LogP contribution in [0.2, 0.25) is 0 Å². The standard InChI is InChI=1S/C10H16N2OS.ClH/c1-7-4-5-14-8(7)9(13)12-6-10(2,3)11;/h4-5H,6,11H2,1-3H3,(H,12,13);1H. The predicted molar refractivity (Wildman–Crippen MR) is 66.9 cm³/mol. The average Bonchev–Trinajstić information content (AvgIpc) is 2.46. The van der Waals surface area contributed by atoms with Crippen molar-refractivity contribution in [2.24, 2.45) is 5.73 Å². The molecule has 3 N–H and O–H groups in total. The van der Waals surface area contributed by atoms with Crippen LogP contribution >= 0.6 is 23.7 Å². The lowest BCUT2D eigenvalue weighted by Gasteiger charge is -2.18. The van der Waals surface area contributed by atoms with Gasteiger partial charge in [-0.25, -0.2) is 0 Å². The number of nitrogens with two attached hydrogens (primary N) is 1. The highest BCUT2D eigenvalue weighted by Crippen LogP contribution is 2.15. The van der Waals surface area contributed by atoms with Gasteiger partial charge >= 0.3 is 0 Å². The number of thiophene rings is 1. The fourth-order valence-electron chi connectivity index (χ4n) is 0.994. The Morgan fingerprint density at radius 1 is 1.60 bits per heavy atom. The summed E-state index contributed by atoms with van der Waals surface area (Å²) in [7, 11) is 0. The first-order valence-corrected chi connectivity index (χ1v) is 5.39. The van der Waals surface area contributed by atoms with E-state index < -0.39 is 0 Å². The summed E-state index contributed by atoms with van der Waals surface area (Å²) in [5.41, 5.74) is 6.42. The molecule has 5 heteroatoms. The van der Waals surface area contributed by atoms with E-state index in [4.69, 9.17) is 5.73 Å². The van der Waals surface area contributed by atoms with E-state index in [9.17, 15) is 4.79 Å². The molecule has 0 fully saturated rings. The molecule has 1 rings (SSSR count). The number of carbonyl (C=O) groups excluding carboxylic acids is 1. The van der Waals surface area contributed by atoms with Crippen molar-refractivity contribution in [2.75, 3.05) is 6.54 Å². The second-order valence-corrected chi connectivity index (χ2v) is 5.02. The lowest BCUT2D eigenvalue weighted by Crippen LogP contribution is -2.45. The third-order valence-electron chi connectivity index (χ3n) is 1.77. The molecule has 0 radical (unpaired) electrons. The third kappa shape index (κ3) is 4.64. The molecule has 0 saturated carbocycles. The Morgan fingerprint density at radius 2 is 2.20 bits per heavy atom. The SMILES string of the molecule is Cc1ccsc1C(=O)NCC(C)(C)N.Cl. The van der Waals surface area contributed by atoms with E-state index in [-0.39, 0.29) is 23.9 Å². The van der Waals surface area contributed by atoms with Gasteiger partial charge in [0.15, 0.2) is 0 Å². The first kappa shape index (κ1) is 14.4. The van der Waals surface area contributed by atoms with E-state index in [2.05, 4.69) is 5.32 Å². The van der Waals surface area contributed by atoms with Crippen LogP contribution in [0.5, 0.6) is 0 Å². The quantitative estimate of drug-likeness (QED) is 0.859. The number of hydrogen-bond donors (Lipinski definition) is 2. The van der Waals surface area contributed by atoms with Crippen LogP contribution in [0.25, 0.3) is 0 Å². The van der Waals surface area contributed by atoms with Crippen molar-refractivity contribution in [1.82, 2.24) is 5.32 Å². The van der Waals surface area contributed by atoms with Crippen molar-refractivity contribution >= 4 is 29.7 Å². The highest BCUT2D eigenvalue weighted by atomic mass is 35.5. The van der Waals surface area contributed by atoms with Crippen molar-refractivity contribution < 1.29 is 4.79 Å². The maximum absolute atomic E-state index is 11.6. The first-order chi connectivity index (χ1) is 6.40. The lowest BCUT2D eigenvalue weighted by molar-refractivity contribution is 0.0949. The average molecular weight is 249 g/mol. The van der Waals surface area contributed by atoms with Crippen LogP contribution in [-0.4, -0.2) is 18.0 Å². The highest BCUT2D eigenvalue weighted by Gasteiger charge is 2.15. The molecular formula is C10H17ClN2OS. The van der Waals surface area contributed by atoms with Crippen LogP contribution in [-0.2, 0) is 0 Å². The molecule has 0 atom stereocenters. The Kier molecular flexibility index (Phi) is 5.28. The van der Waals surface area contributed by atoms with Gasteiger partial charge in [0.25, 0.3) is 5.91 Å². The maximum atomic E-state index is 11.6. The van der Waals surface area contributed by atoms with E-state index >= 15 is 0 Å². The fourth-order valence-corrected chi connectivity index (χ4v) is 1.84. The molecule has 1 heterocycles. The number of rotatable bonds is 3. The number of hydrogen-bond acceptors (Lipinski definition) is 3. The minimum Gasteiger partial charge on any atom is -0.350 e. The fraction of sp³-hybridized carbons (Fsp3) is 0.500. The highest BCUT2D eigenvalue weighted by molar-refractivity contribution is 7.12. The summed E-state index contributed by atoms with van der Waals surface area (Å²) in [5, 5.41) is 4.73. The minimum absolute atomic E-state index is 0. The summed E-state index contributed by atoms with van der Waals surface area (Å²) in [6.45, 7) is 6.19. The van der Waals surface area contributed by atoms with Gasteiger partial charge in [-0.15, -0.1) is 23.7 Å². The molecule has 1 aromatic heterocycles. The summed E-state index contributed by atoms with van der Waals surface area (Å²) in [4.78, 5) is 12.4. The Bertz CT molecular complexity index is 330. The molecule has 1 aromatic rings. The largest absolute Gasteiger partial charge is 0.350 e. The zero-order valence-electron chi connectivity index (χ0n) is 9.16. The summed E-state index contributed by atoms with van der Waals surface area (Å²) < 4.78 is 0. The zero-order chi connectivity index (χ0) is 10.8. The van der Waals surface area contributed by atoms with Crippen LogP contribution in [0, 0.1) is 6.92 Å². The first-order valence-electron chi connectivity index (χ1n) is 4.51. The molecule has 15 heavy (non-hydrogen) atoms. The number of halogens is 1. The van der Waals surface area contributed by atoms with Gasteiger partial charge in [0.05, 0.1) is 4.88 Å². The topological polar surface area (TPSA) is 55.1 Å². The van der Waals surface area contributed by atoms with Crippen molar-refractivity contribution in [3.05, 3.63) is 21.9 Å². The Hall–Kier alpha value is -0.580. The Labute approximate surface area is 100 Å². The molecular weight excluding hydrogens is 232 g/mol. The van der Waals surface area contributed by atoms with Crippen LogP contribution in [0.4, 0.5) is 0 Å². The molecule has 0 spiro atoms. The van der Waals surface area contributed by atoms with Crippen molar-refractivity contribution in [1.29, 1.82) is 0 Å². The van der Waals surface area contributed by atoms with E-state index in [0.717, 1.165) is 10.4 Å². The monoisotopic (exact) mass is 248 g/mol. The van der Waals surface area contributed by atoms with Crippen LogP contribution in [0.15, 0.2) is 11.4 Å². The lowest BCUT2D eigenvalue weighted by atomic mass is 10.1. The Morgan fingerprint density at radius 3 is 2.60 bits per heavy atom. The normalized spacial score (nSPS) is 10.7. The summed E-state index contributed by atoms with van der Waals surface area (Å²) >= 11 is 1.46. The molecule has 1 amide bonds. The van der Waals surface area contributed by atoms with Gasteiger partial charge in [0.1, 0.15) is 0 Å². The van der Waals surface area contributed by atoms with Crippen LogP contribution in [0.3, 0.4) is 0 Å². The summed E-state index contributed by atoms with van der Waals surface area (Å²) in [5.74, 6) is -0.0315. The zero-order valence-corrected chi connectivity index (χ0v) is 10.8. The molecule has 86 valence electrons. The predicted octanol–water partition coefficient (Wildman–Crippen LogP) is 1.95. The van der Waals surface area contributed by atoms with Crippen molar-refractivity contribution in [2.45, 2.75) is 26.3 Å². The minimum atomic E-state index is -0.360. The van der Waals surface area contributed by atoms with Crippen molar-refractivity contribution in [3.63, 3.8) is 0 Å². The molecule has 0 aliphatic heterocycles. The smallest absolute Gasteiger partial charge is 0.261 e. The number of nitrogens with one attached hydrogen (secondary N) is 1. The van der Waals surface area contributed by atoms with Gasteiger partial charge in [-0.1, -0.05) is 0 Å². The maximum Gasteiger partial charge on any atom is 0.261 e. The summed E-state index contributed by atoms with van der Waals surface area (Å²) in [6.07, 6.45) is 0. The van der Waals surface area contributed by atoms with E-state index in [1.807, 2.05) is 32.2 Å². The van der Waals surface area contributed by atoms with E-state index in [1.165, 1.54) is 11.3 Å². The molecule has 0 bridgehead atoms. The molecule has 0 aromatic carbocycles. The number of amides is 1. The van der Waals surface area contributed by atoms with Crippen molar-refractivity contribution in [3.8, 4) is 0 Å². The molecule has 0 aliphatic rings. The molecule has 0 aliphatic carbocycles. The summed E-state index contributed by atoms with van der Waals surface area (Å²) in [6, 6.07) is 1.94. The van der Waals surface area contributed by atoms with Gasteiger partial charge in [0.2, 0.25) is 0 Å². The van der Waals surface area contributed by atoms with Crippen LogP contribution in [0.1, 0.15) is 29.1 Å². The van der Waals surface area contributed by atoms with Gasteiger partial charge in [-0.3, -0.25) is 4.79 Å². The third-order valence-corrected chi connectivity index (χ3v) is 2.79. The molecule has 0 unspecified atom stereocenters. The van der Waals surface area contributed by atoms with Gasteiger partial charge in [-0.2, -0.15) is 0 Å². The van der Waals surface area contributed by atoms with Gasteiger partial charge in [0, 0.05) is 12.1 Å². The second kappa shape index (κ2) is 5.49. The van der Waals surface area contributed by atoms with Gasteiger partial charge < -0.3 is 11.1 Å². The molecule has 0 saturated heterocycles. The van der Waals surface area contributed by atoms with Gasteiger partial charge in [-0.05, 0) is 37.8 Å². The van der Waals surface area contributed by atoms with Crippen LogP contribution < -0.4 is 11.1 Å².